The predicted octanol–water partition coefficient (Wildman–Crippen LogP) is 0.909. The normalized spacial score (nSPS) is 16.5. The van der Waals surface area contributed by atoms with Crippen LogP contribution in [0.25, 0.3) is 0 Å². The highest BCUT2D eigenvalue weighted by Crippen LogP contribution is 2.28. The second-order valence-electron chi connectivity index (χ2n) is 6.34. The molecule has 146 valence electrons. The number of unbranched alkanes of at least 4 members (excludes halogenated alkanes) is 1. The van der Waals surface area contributed by atoms with Gasteiger partial charge in [-0.3, -0.25) is 10.1 Å². The molecule has 0 saturated carbocycles. The van der Waals surface area contributed by atoms with E-state index in [1.54, 1.807) is 0 Å². The number of ether oxygens (including phenoxy) is 1. The number of piperazine rings is 1. The molecule has 10 heteroatoms. The number of methoxy groups -OCH3 is 1. The van der Waals surface area contributed by atoms with Gasteiger partial charge in [-0.15, -0.1) is 0 Å². The molecular weight excluding hydrogens is 360 g/mol. The molecular formula is C16H26N4O5S. The van der Waals surface area contributed by atoms with E-state index in [-0.39, 0.29) is 17.2 Å². The maximum atomic E-state index is 12.4. The van der Waals surface area contributed by atoms with Crippen molar-refractivity contribution in [3.63, 3.8) is 0 Å². The van der Waals surface area contributed by atoms with Gasteiger partial charge in [-0.2, -0.15) is 0 Å². The fourth-order valence-corrected chi connectivity index (χ4v) is 4.03. The number of hydrogen-bond donors (Lipinski definition) is 1. The van der Waals surface area contributed by atoms with Gasteiger partial charge in [-0.05, 0) is 38.6 Å². The maximum Gasteiger partial charge on any atom is 0.293 e. The third kappa shape index (κ3) is 5.63. The zero-order chi connectivity index (χ0) is 19.2. The minimum Gasteiger partial charge on any atom is -0.497 e. The minimum atomic E-state index is -3.94. The molecule has 9 nitrogen and oxygen atoms in total. The number of rotatable bonds is 9. The van der Waals surface area contributed by atoms with Crippen molar-refractivity contribution < 1.29 is 18.1 Å². The number of sulfonamides is 1. The van der Waals surface area contributed by atoms with Gasteiger partial charge in [-0.25, -0.2) is 13.1 Å². The Balaban J connectivity index is 1.86. The summed E-state index contributed by atoms with van der Waals surface area (Å²) in [5.74, 6) is 0.239. The first-order chi connectivity index (χ1) is 12.3. The average Bonchev–Trinajstić information content (AvgIpc) is 2.62. The molecule has 2 rings (SSSR count). The van der Waals surface area contributed by atoms with E-state index in [4.69, 9.17) is 4.74 Å². The SMILES string of the molecule is COc1ccc(S(=O)(=O)NCCCCN2CCN(C)CC2)c([N+](=O)[O-])c1. The van der Waals surface area contributed by atoms with Crippen molar-refractivity contribution in [3.05, 3.63) is 28.3 Å². The zero-order valence-corrected chi connectivity index (χ0v) is 16.0. The summed E-state index contributed by atoms with van der Waals surface area (Å²) in [6, 6.07) is 3.71. The first kappa shape index (κ1) is 20.6. The number of nitro benzene ring substituents is 1. The highest BCUT2D eigenvalue weighted by Gasteiger charge is 2.26. The van der Waals surface area contributed by atoms with E-state index < -0.39 is 20.6 Å². The van der Waals surface area contributed by atoms with Gasteiger partial charge in [0.2, 0.25) is 10.0 Å². The molecule has 0 unspecified atom stereocenters. The molecule has 26 heavy (non-hydrogen) atoms. The van der Waals surface area contributed by atoms with Gasteiger partial charge in [0.05, 0.1) is 18.1 Å². The van der Waals surface area contributed by atoms with Crippen LogP contribution in [0, 0.1) is 10.1 Å². The molecule has 1 saturated heterocycles. The Bertz CT molecular complexity index is 717. The second kappa shape index (κ2) is 9.26. The molecule has 0 bridgehead atoms. The van der Waals surface area contributed by atoms with Crippen LogP contribution in [0.1, 0.15) is 12.8 Å². The van der Waals surface area contributed by atoms with Gasteiger partial charge in [0.25, 0.3) is 5.69 Å². The summed E-state index contributed by atoms with van der Waals surface area (Å²) < 4.78 is 32.1. The Morgan fingerprint density at radius 1 is 1.23 bits per heavy atom. The lowest BCUT2D eigenvalue weighted by Crippen LogP contribution is -2.44. The lowest BCUT2D eigenvalue weighted by molar-refractivity contribution is -0.387. The molecule has 1 heterocycles. The number of nitrogens with one attached hydrogen (secondary N) is 1. The van der Waals surface area contributed by atoms with Gasteiger partial charge >= 0.3 is 0 Å². The Labute approximate surface area is 154 Å². The molecule has 0 amide bonds. The molecule has 1 fully saturated rings. The third-order valence-corrected chi connectivity index (χ3v) is 5.95. The molecule has 1 aliphatic heterocycles. The summed E-state index contributed by atoms with van der Waals surface area (Å²) in [6.45, 7) is 5.33. The topological polar surface area (TPSA) is 105 Å². The fourth-order valence-electron chi connectivity index (χ4n) is 2.81. The first-order valence-electron chi connectivity index (χ1n) is 8.56. The quantitative estimate of drug-likeness (QED) is 0.382. The van der Waals surface area contributed by atoms with Crippen molar-refractivity contribution in [2.75, 3.05) is 53.4 Å². The van der Waals surface area contributed by atoms with E-state index >= 15 is 0 Å². The van der Waals surface area contributed by atoms with Crippen LogP contribution in [0.3, 0.4) is 0 Å². The number of likely N-dealkylation sites (N-methyl/N-ethyl adjacent to an activating group) is 1. The van der Waals surface area contributed by atoms with E-state index in [1.807, 2.05) is 0 Å². The average molecular weight is 386 g/mol. The Morgan fingerprint density at radius 2 is 1.92 bits per heavy atom. The van der Waals surface area contributed by atoms with Crippen LogP contribution in [0.2, 0.25) is 0 Å². The lowest BCUT2D eigenvalue weighted by atomic mass is 10.2. The van der Waals surface area contributed by atoms with Crippen LogP contribution in [0.4, 0.5) is 5.69 Å². The molecule has 1 aromatic carbocycles. The van der Waals surface area contributed by atoms with E-state index in [2.05, 4.69) is 21.6 Å². The van der Waals surface area contributed by atoms with Crippen LogP contribution in [-0.2, 0) is 10.0 Å². The summed E-state index contributed by atoms with van der Waals surface area (Å²) in [4.78, 5) is 14.7. The van der Waals surface area contributed by atoms with Crippen LogP contribution >= 0.6 is 0 Å². The van der Waals surface area contributed by atoms with E-state index in [0.29, 0.717) is 6.42 Å². The van der Waals surface area contributed by atoms with Crippen molar-refractivity contribution in [3.8, 4) is 5.75 Å². The second-order valence-corrected chi connectivity index (χ2v) is 8.08. The number of benzene rings is 1. The Morgan fingerprint density at radius 3 is 2.54 bits per heavy atom. The van der Waals surface area contributed by atoms with Crippen molar-refractivity contribution in [1.82, 2.24) is 14.5 Å². The minimum absolute atomic E-state index is 0.239. The van der Waals surface area contributed by atoms with Gasteiger partial charge < -0.3 is 14.5 Å². The monoisotopic (exact) mass is 386 g/mol. The summed E-state index contributed by atoms with van der Waals surface area (Å²) in [6.07, 6.45) is 1.55. The first-order valence-corrected chi connectivity index (χ1v) is 10.0. The predicted molar refractivity (Wildman–Crippen MR) is 98.0 cm³/mol. The Hall–Kier alpha value is -1.75. The van der Waals surface area contributed by atoms with Crippen molar-refractivity contribution >= 4 is 15.7 Å². The van der Waals surface area contributed by atoms with Crippen LogP contribution in [-0.4, -0.2) is 76.6 Å². The highest BCUT2D eigenvalue weighted by atomic mass is 32.2. The van der Waals surface area contributed by atoms with Gasteiger partial charge in [-0.1, -0.05) is 0 Å². The van der Waals surface area contributed by atoms with Gasteiger partial charge in [0.15, 0.2) is 4.90 Å². The van der Waals surface area contributed by atoms with Crippen LogP contribution in [0.5, 0.6) is 5.75 Å². The van der Waals surface area contributed by atoms with E-state index in [1.165, 1.54) is 19.2 Å². The summed E-state index contributed by atoms with van der Waals surface area (Å²) in [5.41, 5.74) is -0.491. The van der Waals surface area contributed by atoms with Crippen LogP contribution < -0.4 is 9.46 Å². The van der Waals surface area contributed by atoms with E-state index in [9.17, 15) is 18.5 Å². The lowest BCUT2D eigenvalue weighted by Gasteiger charge is -2.32. The maximum absolute atomic E-state index is 12.4. The molecule has 1 N–H and O–H groups in total. The summed E-state index contributed by atoms with van der Waals surface area (Å²) in [7, 11) is -0.472. The molecule has 0 spiro atoms. The largest absolute Gasteiger partial charge is 0.497 e. The number of nitro groups is 1. The fraction of sp³-hybridized carbons (Fsp3) is 0.625. The summed E-state index contributed by atoms with van der Waals surface area (Å²) in [5, 5.41) is 11.2. The van der Waals surface area contributed by atoms with E-state index in [0.717, 1.165) is 45.2 Å². The van der Waals surface area contributed by atoms with Gasteiger partial charge in [0, 0.05) is 32.7 Å². The summed E-state index contributed by atoms with van der Waals surface area (Å²) >= 11 is 0. The molecule has 1 aromatic rings. The molecule has 1 aliphatic rings. The molecule has 0 aliphatic carbocycles. The number of hydrogen-bond acceptors (Lipinski definition) is 7. The third-order valence-electron chi connectivity index (χ3n) is 4.44. The van der Waals surface area contributed by atoms with Crippen LogP contribution in [0.15, 0.2) is 23.1 Å². The Kier molecular flexibility index (Phi) is 7.33. The highest BCUT2D eigenvalue weighted by molar-refractivity contribution is 7.89. The van der Waals surface area contributed by atoms with Crippen molar-refractivity contribution in [1.29, 1.82) is 0 Å². The van der Waals surface area contributed by atoms with Crippen molar-refractivity contribution in [2.24, 2.45) is 0 Å². The smallest absolute Gasteiger partial charge is 0.293 e. The molecule has 0 atom stereocenters. The van der Waals surface area contributed by atoms with Crippen molar-refractivity contribution in [2.45, 2.75) is 17.7 Å². The number of nitrogens with zero attached hydrogens (tertiary/aromatic N) is 3. The molecule has 0 radical (unpaired) electrons. The van der Waals surface area contributed by atoms with Gasteiger partial charge in [0.1, 0.15) is 5.75 Å². The molecule has 0 aromatic heterocycles. The standard InChI is InChI=1S/C16H26N4O5S/c1-18-9-11-19(12-10-18)8-4-3-7-17-26(23,24)16-6-5-14(25-2)13-15(16)20(21)22/h5-6,13,17H,3-4,7-12H2,1-2H3. The zero-order valence-electron chi connectivity index (χ0n) is 15.2.